The van der Waals surface area contributed by atoms with Gasteiger partial charge in [0.2, 0.25) is 5.91 Å². The second-order valence-electron chi connectivity index (χ2n) is 7.73. The normalized spacial score (nSPS) is 15.7. The molecule has 1 unspecified atom stereocenters. The van der Waals surface area contributed by atoms with Crippen LogP contribution in [0.25, 0.3) is 0 Å². The number of benzene rings is 1. The number of nitrogens with one attached hydrogen (secondary N) is 2. The molecule has 164 valence electrons. The van der Waals surface area contributed by atoms with Crippen molar-refractivity contribution < 1.29 is 4.79 Å². The van der Waals surface area contributed by atoms with Gasteiger partial charge in [0.05, 0.1) is 10.7 Å². The topological polar surface area (TPSA) is 69.6 Å². The van der Waals surface area contributed by atoms with E-state index >= 15 is 0 Å². The monoisotopic (exact) mass is 541 g/mol. The number of aryl methyl sites for hydroxylation is 3. The third-order valence-electron chi connectivity index (χ3n) is 5.26. The first kappa shape index (κ1) is 24.6. The van der Waals surface area contributed by atoms with E-state index in [4.69, 9.17) is 0 Å². The van der Waals surface area contributed by atoms with Crippen molar-refractivity contribution >= 4 is 47.2 Å². The van der Waals surface area contributed by atoms with Crippen molar-refractivity contribution in [1.29, 1.82) is 0 Å². The number of fused-ring (bicyclic) bond motifs is 1. The van der Waals surface area contributed by atoms with Crippen LogP contribution in [0.15, 0.2) is 29.3 Å². The molecular formula is C22H32IN5OS. The molecule has 0 radical (unpaired) electrons. The summed E-state index contributed by atoms with van der Waals surface area (Å²) in [5, 5.41) is 8.07. The predicted octanol–water partition coefficient (Wildman–Crippen LogP) is 3.10. The second kappa shape index (κ2) is 11.6. The third kappa shape index (κ3) is 6.94. The zero-order chi connectivity index (χ0) is 20.8. The molecule has 0 spiro atoms. The lowest BCUT2D eigenvalue weighted by Gasteiger charge is -2.27. The fraction of sp³-hybridized carbons (Fsp3) is 0.500. The van der Waals surface area contributed by atoms with Crippen LogP contribution in [0.5, 0.6) is 0 Å². The average Bonchev–Trinajstić information content (AvgIpc) is 3.02. The average molecular weight is 542 g/mol. The Morgan fingerprint density at radius 2 is 2.00 bits per heavy atom. The molecule has 30 heavy (non-hydrogen) atoms. The van der Waals surface area contributed by atoms with Gasteiger partial charge in [-0.15, -0.1) is 35.3 Å². The molecule has 1 aromatic heterocycles. The maximum atomic E-state index is 12.0. The quantitative estimate of drug-likeness (QED) is 0.335. The van der Waals surface area contributed by atoms with Crippen LogP contribution in [-0.4, -0.2) is 55.0 Å². The summed E-state index contributed by atoms with van der Waals surface area (Å²) < 4.78 is 0. The van der Waals surface area contributed by atoms with Crippen LogP contribution in [0.2, 0.25) is 0 Å². The summed E-state index contributed by atoms with van der Waals surface area (Å²) in [5.41, 5.74) is 3.94. The van der Waals surface area contributed by atoms with Crippen LogP contribution in [0.4, 0.5) is 0 Å². The lowest BCUT2D eigenvalue weighted by molar-refractivity contribution is -0.127. The highest BCUT2D eigenvalue weighted by molar-refractivity contribution is 14.0. The molecule has 1 aliphatic carbocycles. The molecular weight excluding hydrogens is 509 g/mol. The third-order valence-corrected chi connectivity index (χ3v) is 6.40. The van der Waals surface area contributed by atoms with Gasteiger partial charge >= 0.3 is 0 Å². The maximum absolute atomic E-state index is 12.0. The van der Waals surface area contributed by atoms with E-state index in [0.29, 0.717) is 12.0 Å². The van der Waals surface area contributed by atoms with Crippen molar-refractivity contribution in [1.82, 2.24) is 20.5 Å². The maximum Gasteiger partial charge on any atom is 0.243 e. The van der Waals surface area contributed by atoms with Gasteiger partial charge in [0.15, 0.2) is 5.96 Å². The van der Waals surface area contributed by atoms with Gasteiger partial charge in [-0.25, -0.2) is 9.98 Å². The van der Waals surface area contributed by atoms with Gasteiger partial charge in [-0.05, 0) is 44.2 Å². The lowest BCUT2D eigenvalue weighted by atomic mass is 9.88. The van der Waals surface area contributed by atoms with E-state index in [9.17, 15) is 4.79 Å². The number of carbonyl (C=O) groups is 1. The van der Waals surface area contributed by atoms with Gasteiger partial charge in [-0.1, -0.05) is 24.3 Å². The summed E-state index contributed by atoms with van der Waals surface area (Å²) >= 11 is 1.74. The fourth-order valence-electron chi connectivity index (χ4n) is 3.39. The SMILES string of the molecule is Cc1nc(CCNC(=NCC(=O)N(C)C)NC2CCc3ccccc3C2)sc1C.I. The Balaban J connectivity index is 0.00000320. The van der Waals surface area contributed by atoms with E-state index in [1.54, 1.807) is 30.3 Å². The van der Waals surface area contributed by atoms with Crippen LogP contribution in [0.1, 0.15) is 33.1 Å². The van der Waals surface area contributed by atoms with E-state index in [-0.39, 0.29) is 36.4 Å². The first-order valence-electron chi connectivity index (χ1n) is 10.2. The molecule has 1 aliphatic rings. The molecule has 0 bridgehead atoms. The molecule has 6 nitrogen and oxygen atoms in total. The number of halogens is 1. The summed E-state index contributed by atoms with van der Waals surface area (Å²) in [5.74, 6) is 0.695. The number of likely N-dealkylation sites (N-methyl/N-ethyl adjacent to an activating group) is 1. The van der Waals surface area contributed by atoms with E-state index in [2.05, 4.69) is 51.8 Å². The number of aliphatic imine (C=N–C) groups is 1. The van der Waals surface area contributed by atoms with Crippen molar-refractivity contribution in [3.63, 3.8) is 0 Å². The van der Waals surface area contributed by atoms with Crippen LogP contribution < -0.4 is 10.6 Å². The molecule has 0 saturated carbocycles. The number of carbonyl (C=O) groups excluding carboxylic acids is 1. The summed E-state index contributed by atoms with van der Waals surface area (Å²) in [7, 11) is 3.51. The van der Waals surface area contributed by atoms with E-state index in [0.717, 1.165) is 42.9 Å². The Morgan fingerprint density at radius 1 is 1.27 bits per heavy atom. The zero-order valence-corrected chi connectivity index (χ0v) is 21.3. The molecule has 1 atom stereocenters. The largest absolute Gasteiger partial charge is 0.356 e. The first-order chi connectivity index (χ1) is 13.9. The van der Waals surface area contributed by atoms with Crippen molar-refractivity contribution in [3.8, 4) is 0 Å². The summed E-state index contributed by atoms with van der Waals surface area (Å²) in [6.45, 7) is 5.02. The first-order valence-corrected chi connectivity index (χ1v) is 11.0. The summed E-state index contributed by atoms with van der Waals surface area (Å²) in [4.78, 5) is 24.0. The van der Waals surface area contributed by atoms with Crippen LogP contribution in [-0.2, 0) is 24.1 Å². The van der Waals surface area contributed by atoms with Crippen molar-refractivity contribution in [2.24, 2.45) is 4.99 Å². The minimum atomic E-state index is -0.00809. The van der Waals surface area contributed by atoms with Gasteiger partial charge in [-0.2, -0.15) is 0 Å². The number of nitrogens with zero attached hydrogens (tertiary/aromatic N) is 3. The Morgan fingerprint density at radius 3 is 2.67 bits per heavy atom. The second-order valence-corrected chi connectivity index (χ2v) is 9.02. The highest BCUT2D eigenvalue weighted by Gasteiger charge is 2.19. The van der Waals surface area contributed by atoms with E-state index in [1.807, 2.05) is 6.92 Å². The van der Waals surface area contributed by atoms with Crippen molar-refractivity contribution in [3.05, 3.63) is 51.0 Å². The van der Waals surface area contributed by atoms with Crippen LogP contribution in [0.3, 0.4) is 0 Å². The molecule has 0 fully saturated rings. The van der Waals surface area contributed by atoms with Gasteiger partial charge < -0.3 is 15.5 Å². The number of hydrogen-bond donors (Lipinski definition) is 2. The minimum Gasteiger partial charge on any atom is -0.356 e. The van der Waals surface area contributed by atoms with Gasteiger partial charge in [0.25, 0.3) is 0 Å². The Bertz CT molecular complexity index is 861. The molecule has 1 aromatic carbocycles. The van der Waals surface area contributed by atoms with Gasteiger partial charge in [-0.3, -0.25) is 4.79 Å². The molecule has 2 N–H and O–H groups in total. The van der Waals surface area contributed by atoms with Gasteiger partial charge in [0, 0.05) is 38.0 Å². The highest BCUT2D eigenvalue weighted by Crippen LogP contribution is 2.21. The van der Waals surface area contributed by atoms with Crippen LogP contribution >= 0.6 is 35.3 Å². The number of hydrogen-bond acceptors (Lipinski definition) is 4. The fourth-order valence-corrected chi connectivity index (χ4v) is 4.32. The molecule has 0 aliphatic heterocycles. The molecule has 8 heteroatoms. The molecule has 0 saturated heterocycles. The molecule has 3 rings (SSSR count). The number of thiazole rings is 1. The van der Waals surface area contributed by atoms with Crippen molar-refractivity contribution in [2.45, 2.75) is 45.6 Å². The van der Waals surface area contributed by atoms with Gasteiger partial charge in [0.1, 0.15) is 6.54 Å². The Hall–Kier alpha value is -1.68. The smallest absolute Gasteiger partial charge is 0.243 e. The minimum absolute atomic E-state index is 0. The zero-order valence-electron chi connectivity index (χ0n) is 18.2. The summed E-state index contributed by atoms with van der Waals surface area (Å²) in [6.07, 6.45) is 3.94. The lowest BCUT2D eigenvalue weighted by Crippen LogP contribution is -2.46. The Kier molecular flexibility index (Phi) is 9.54. The molecule has 1 heterocycles. The summed E-state index contributed by atoms with van der Waals surface area (Å²) in [6, 6.07) is 8.94. The number of rotatable bonds is 6. The number of aromatic nitrogens is 1. The predicted molar refractivity (Wildman–Crippen MR) is 135 cm³/mol. The van der Waals surface area contributed by atoms with Crippen molar-refractivity contribution in [2.75, 3.05) is 27.2 Å². The molecule has 1 amide bonds. The number of amides is 1. The van der Waals surface area contributed by atoms with Crippen LogP contribution in [0, 0.1) is 13.8 Å². The number of guanidine groups is 1. The Labute approximate surface area is 200 Å². The highest BCUT2D eigenvalue weighted by atomic mass is 127. The standard InChI is InChI=1S/C22H31N5OS.HI/c1-15-16(2)29-20(25-15)11-12-23-22(24-14-21(28)27(3)4)26-19-10-9-17-7-5-6-8-18(17)13-19;/h5-8,19H,9-14H2,1-4H3,(H2,23,24,26);1H. The molecule has 2 aromatic rings. The van der Waals surface area contributed by atoms with E-state index < -0.39 is 0 Å². The van der Waals surface area contributed by atoms with E-state index in [1.165, 1.54) is 16.0 Å².